The van der Waals surface area contributed by atoms with Gasteiger partial charge in [-0.15, -0.1) is 10.2 Å². The van der Waals surface area contributed by atoms with Crippen molar-refractivity contribution < 1.29 is 4.74 Å². The molecular formula is C18H21N7O. The van der Waals surface area contributed by atoms with Gasteiger partial charge in [0.2, 0.25) is 5.95 Å². The molecule has 3 aromatic rings. The van der Waals surface area contributed by atoms with Gasteiger partial charge in [0, 0.05) is 28.7 Å². The van der Waals surface area contributed by atoms with E-state index < -0.39 is 0 Å². The van der Waals surface area contributed by atoms with Gasteiger partial charge in [0.1, 0.15) is 5.75 Å². The molecule has 3 rings (SSSR count). The number of ether oxygens (including phenoxy) is 1. The predicted octanol–water partition coefficient (Wildman–Crippen LogP) is 2.52. The van der Waals surface area contributed by atoms with Crippen LogP contribution in [0.1, 0.15) is 12.0 Å². The zero-order valence-corrected chi connectivity index (χ0v) is 14.2. The summed E-state index contributed by atoms with van der Waals surface area (Å²) in [5.41, 5.74) is 14.1. The van der Waals surface area contributed by atoms with Crippen LogP contribution in [0.5, 0.6) is 5.75 Å². The van der Waals surface area contributed by atoms with E-state index in [1.165, 1.54) is 6.21 Å². The first-order valence-electron chi connectivity index (χ1n) is 8.22. The Morgan fingerprint density at radius 3 is 2.69 bits per heavy atom. The Kier molecular flexibility index (Phi) is 5.45. The Balaban J connectivity index is 1.68. The average molecular weight is 351 g/mol. The lowest BCUT2D eigenvalue weighted by atomic mass is 10.2. The molecule has 0 fully saturated rings. The molecule has 134 valence electrons. The fourth-order valence-electron chi connectivity index (χ4n) is 2.34. The molecule has 0 radical (unpaired) electrons. The number of hydrogen-bond donors (Lipinski definition) is 5. The van der Waals surface area contributed by atoms with E-state index in [4.69, 9.17) is 21.6 Å². The first kappa shape index (κ1) is 17.4. The number of nitrogens with zero attached hydrogens (tertiary/aromatic N) is 2. The second kappa shape index (κ2) is 8.13. The van der Waals surface area contributed by atoms with Gasteiger partial charge >= 0.3 is 0 Å². The summed E-state index contributed by atoms with van der Waals surface area (Å²) in [4.78, 5) is 3.12. The molecule has 0 atom stereocenters. The SMILES string of the molecule is N=Cc1cc(Nc2nnc(-c3ccc(OCCCN)cc3)[nH]2)ccc1N. The van der Waals surface area contributed by atoms with Crippen molar-refractivity contribution in [3.05, 3.63) is 48.0 Å². The number of aromatic nitrogens is 3. The smallest absolute Gasteiger partial charge is 0.226 e. The molecule has 0 bridgehead atoms. The number of nitrogen functional groups attached to an aromatic ring is 1. The Bertz CT molecular complexity index is 874. The Hall–Kier alpha value is -3.39. The van der Waals surface area contributed by atoms with Crippen LogP contribution < -0.4 is 21.5 Å². The van der Waals surface area contributed by atoms with E-state index in [0.717, 1.165) is 23.4 Å². The van der Waals surface area contributed by atoms with Crippen molar-refractivity contribution in [3.63, 3.8) is 0 Å². The molecule has 1 heterocycles. The maximum atomic E-state index is 7.36. The summed E-state index contributed by atoms with van der Waals surface area (Å²) in [6.07, 6.45) is 2.03. The van der Waals surface area contributed by atoms with Gasteiger partial charge in [-0.05, 0) is 55.4 Å². The Morgan fingerprint density at radius 2 is 1.96 bits per heavy atom. The summed E-state index contributed by atoms with van der Waals surface area (Å²) < 4.78 is 5.59. The second-order valence-corrected chi connectivity index (χ2v) is 5.65. The number of benzene rings is 2. The summed E-state index contributed by atoms with van der Waals surface area (Å²) in [5.74, 6) is 1.94. The molecular weight excluding hydrogens is 330 g/mol. The van der Waals surface area contributed by atoms with Gasteiger partial charge in [0.05, 0.1) is 6.61 Å². The number of H-pyrrole nitrogens is 1. The molecule has 1 aromatic heterocycles. The molecule has 8 nitrogen and oxygen atoms in total. The highest BCUT2D eigenvalue weighted by Crippen LogP contribution is 2.22. The van der Waals surface area contributed by atoms with Gasteiger partial charge in [-0.2, -0.15) is 0 Å². The van der Waals surface area contributed by atoms with Crippen molar-refractivity contribution >= 4 is 23.5 Å². The quantitative estimate of drug-likeness (QED) is 0.240. The van der Waals surface area contributed by atoms with E-state index in [1.807, 2.05) is 30.3 Å². The highest BCUT2D eigenvalue weighted by Gasteiger charge is 2.07. The normalized spacial score (nSPS) is 10.5. The first-order chi connectivity index (χ1) is 12.7. The lowest BCUT2D eigenvalue weighted by Gasteiger charge is -2.06. The average Bonchev–Trinajstić information content (AvgIpc) is 3.12. The van der Waals surface area contributed by atoms with Crippen LogP contribution in [0.25, 0.3) is 11.4 Å². The molecule has 0 unspecified atom stereocenters. The van der Waals surface area contributed by atoms with Gasteiger partial charge in [-0.3, -0.25) is 0 Å². The third kappa shape index (κ3) is 4.17. The molecule has 0 spiro atoms. The van der Waals surface area contributed by atoms with Crippen molar-refractivity contribution in [3.8, 4) is 17.1 Å². The molecule has 8 heteroatoms. The minimum Gasteiger partial charge on any atom is -0.494 e. The molecule has 26 heavy (non-hydrogen) atoms. The monoisotopic (exact) mass is 351 g/mol. The summed E-state index contributed by atoms with van der Waals surface area (Å²) in [7, 11) is 0. The highest BCUT2D eigenvalue weighted by molar-refractivity contribution is 5.87. The van der Waals surface area contributed by atoms with E-state index in [0.29, 0.717) is 36.2 Å². The minimum atomic E-state index is 0.504. The van der Waals surface area contributed by atoms with Gasteiger partial charge in [0.25, 0.3) is 0 Å². The van der Waals surface area contributed by atoms with Crippen molar-refractivity contribution in [1.29, 1.82) is 5.41 Å². The van der Waals surface area contributed by atoms with Crippen LogP contribution >= 0.6 is 0 Å². The van der Waals surface area contributed by atoms with E-state index in [9.17, 15) is 0 Å². The van der Waals surface area contributed by atoms with Crippen molar-refractivity contribution in [2.45, 2.75) is 6.42 Å². The van der Waals surface area contributed by atoms with Gasteiger partial charge < -0.3 is 31.9 Å². The molecule has 0 aliphatic carbocycles. The lowest BCUT2D eigenvalue weighted by Crippen LogP contribution is -2.05. The maximum Gasteiger partial charge on any atom is 0.226 e. The van der Waals surface area contributed by atoms with Gasteiger partial charge in [-0.25, -0.2) is 0 Å². The van der Waals surface area contributed by atoms with Crippen LogP contribution in [0.15, 0.2) is 42.5 Å². The van der Waals surface area contributed by atoms with Crippen LogP contribution in [0.2, 0.25) is 0 Å². The number of anilines is 3. The van der Waals surface area contributed by atoms with Crippen molar-refractivity contribution in [2.75, 3.05) is 24.2 Å². The lowest BCUT2D eigenvalue weighted by molar-refractivity contribution is 0.313. The van der Waals surface area contributed by atoms with E-state index >= 15 is 0 Å². The van der Waals surface area contributed by atoms with Gasteiger partial charge in [-0.1, -0.05) is 0 Å². The van der Waals surface area contributed by atoms with Crippen LogP contribution in [0.4, 0.5) is 17.3 Å². The molecule has 0 aliphatic heterocycles. The molecule has 0 saturated carbocycles. The van der Waals surface area contributed by atoms with E-state index in [2.05, 4.69) is 20.5 Å². The van der Waals surface area contributed by atoms with E-state index in [-0.39, 0.29) is 0 Å². The Morgan fingerprint density at radius 1 is 1.15 bits per heavy atom. The maximum absolute atomic E-state index is 7.36. The fraction of sp³-hybridized carbons (Fsp3) is 0.167. The molecule has 0 amide bonds. The van der Waals surface area contributed by atoms with Gasteiger partial charge in [0.15, 0.2) is 5.82 Å². The predicted molar refractivity (Wildman–Crippen MR) is 103 cm³/mol. The largest absolute Gasteiger partial charge is 0.494 e. The van der Waals surface area contributed by atoms with Crippen molar-refractivity contribution in [2.24, 2.45) is 5.73 Å². The summed E-state index contributed by atoms with van der Waals surface area (Å²) in [6.45, 7) is 1.22. The highest BCUT2D eigenvalue weighted by atomic mass is 16.5. The number of aromatic amines is 1. The molecule has 7 N–H and O–H groups in total. The Labute approximate surface area is 151 Å². The summed E-state index contributed by atoms with van der Waals surface area (Å²) >= 11 is 0. The molecule has 2 aromatic carbocycles. The van der Waals surface area contributed by atoms with E-state index in [1.54, 1.807) is 12.1 Å². The minimum absolute atomic E-state index is 0.504. The number of nitrogens with one attached hydrogen (secondary N) is 3. The number of nitrogens with two attached hydrogens (primary N) is 2. The standard InChI is InChI=1S/C18H21N7O/c19-8-1-9-26-15-5-2-12(3-6-15)17-23-18(25-24-17)22-14-4-7-16(21)13(10-14)11-20/h2-7,10-11,20H,1,8-9,19,21H2,(H2,22,23,24,25). The fourth-order valence-corrected chi connectivity index (χ4v) is 2.34. The third-order valence-electron chi connectivity index (χ3n) is 3.74. The summed E-state index contributed by atoms with van der Waals surface area (Å²) in [5, 5.41) is 18.7. The van der Waals surface area contributed by atoms with Crippen LogP contribution in [-0.2, 0) is 0 Å². The van der Waals surface area contributed by atoms with Crippen LogP contribution in [0, 0.1) is 5.41 Å². The first-order valence-corrected chi connectivity index (χ1v) is 8.22. The topological polar surface area (TPSA) is 139 Å². The number of hydrogen-bond acceptors (Lipinski definition) is 7. The van der Waals surface area contributed by atoms with Crippen LogP contribution in [-0.4, -0.2) is 34.5 Å². The third-order valence-corrected chi connectivity index (χ3v) is 3.74. The van der Waals surface area contributed by atoms with Crippen molar-refractivity contribution in [1.82, 2.24) is 15.2 Å². The molecule has 0 aliphatic rings. The van der Waals surface area contributed by atoms with Crippen LogP contribution in [0.3, 0.4) is 0 Å². The zero-order valence-electron chi connectivity index (χ0n) is 14.2. The second-order valence-electron chi connectivity index (χ2n) is 5.65. The molecule has 0 saturated heterocycles. The summed E-state index contributed by atoms with van der Waals surface area (Å²) in [6, 6.07) is 12.9. The number of rotatable bonds is 8. The zero-order chi connectivity index (χ0) is 18.4.